The van der Waals surface area contributed by atoms with Gasteiger partial charge in [0.1, 0.15) is 0 Å². The molecule has 4 rings (SSSR count). The molecular formula is C18H16N6O. The smallest absolute Gasteiger partial charge is 0.276 e. The van der Waals surface area contributed by atoms with Gasteiger partial charge in [-0.2, -0.15) is 10.2 Å². The standard InChI is InChI=1S/C18H16N6O/c1-13-4-2-5-14(8-13)11-23-12-15(10-20-23)21-18(25)16-9-17-19-6-3-7-24(17)22-16/h2-10,12H,11H2,1H3,(H,21,25). The zero-order chi connectivity index (χ0) is 17.2. The molecule has 0 saturated heterocycles. The summed E-state index contributed by atoms with van der Waals surface area (Å²) in [5.74, 6) is -0.291. The van der Waals surface area contributed by atoms with Crippen LogP contribution in [0.2, 0.25) is 0 Å². The Morgan fingerprint density at radius 2 is 2.16 bits per heavy atom. The molecule has 7 heteroatoms. The first-order chi connectivity index (χ1) is 12.2. The molecule has 0 spiro atoms. The van der Waals surface area contributed by atoms with E-state index in [0.717, 1.165) is 5.56 Å². The van der Waals surface area contributed by atoms with Gasteiger partial charge in [0.25, 0.3) is 5.91 Å². The topological polar surface area (TPSA) is 77.1 Å². The third kappa shape index (κ3) is 3.25. The summed E-state index contributed by atoms with van der Waals surface area (Å²) >= 11 is 0. The molecule has 0 unspecified atom stereocenters. The Morgan fingerprint density at radius 1 is 1.24 bits per heavy atom. The number of fused-ring (bicyclic) bond motifs is 1. The second kappa shape index (κ2) is 6.20. The molecule has 0 aliphatic heterocycles. The monoisotopic (exact) mass is 332 g/mol. The molecule has 7 nitrogen and oxygen atoms in total. The molecule has 0 saturated carbocycles. The van der Waals surface area contributed by atoms with Gasteiger partial charge < -0.3 is 5.32 Å². The lowest BCUT2D eigenvalue weighted by Gasteiger charge is -2.03. The molecule has 0 fully saturated rings. The van der Waals surface area contributed by atoms with E-state index in [0.29, 0.717) is 23.6 Å². The summed E-state index contributed by atoms with van der Waals surface area (Å²) in [6.07, 6.45) is 6.84. The van der Waals surface area contributed by atoms with Gasteiger partial charge in [0.2, 0.25) is 0 Å². The van der Waals surface area contributed by atoms with Crippen molar-refractivity contribution in [1.29, 1.82) is 0 Å². The zero-order valence-electron chi connectivity index (χ0n) is 13.6. The van der Waals surface area contributed by atoms with Gasteiger partial charge in [-0.05, 0) is 18.6 Å². The van der Waals surface area contributed by atoms with Crippen LogP contribution in [0, 0.1) is 6.92 Å². The highest BCUT2D eigenvalue weighted by Gasteiger charge is 2.12. The Hall–Kier alpha value is -3.48. The first-order valence-corrected chi connectivity index (χ1v) is 7.87. The van der Waals surface area contributed by atoms with Gasteiger partial charge in [0.15, 0.2) is 11.3 Å². The second-order valence-corrected chi connectivity index (χ2v) is 5.82. The molecule has 1 N–H and O–H groups in total. The fourth-order valence-corrected chi connectivity index (χ4v) is 2.65. The molecule has 1 aromatic carbocycles. The minimum absolute atomic E-state index is 0.291. The fourth-order valence-electron chi connectivity index (χ4n) is 2.65. The molecule has 1 amide bonds. The first-order valence-electron chi connectivity index (χ1n) is 7.87. The average Bonchev–Trinajstić information content (AvgIpc) is 3.21. The Morgan fingerprint density at radius 3 is 3.00 bits per heavy atom. The number of aryl methyl sites for hydroxylation is 1. The fraction of sp³-hybridized carbons (Fsp3) is 0.111. The van der Waals surface area contributed by atoms with Crippen molar-refractivity contribution in [2.45, 2.75) is 13.5 Å². The van der Waals surface area contributed by atoms with E-state index in [1.807, 2.05) is 6.07 Å². The second-order valence-electron chi connectivity index (χ2n) is 5.82. The Kier molecular flexibility index (Phi) is 3.74. The highest BCUT2D eigenvalue weighted by Crippen LogP contribution is 2.11. The number of amides is 1. The van der Waals surface area contributed by atoms with Crippen molar-refractivity contribution in [3.8, 4) is 0 Å². The number of aromatic nitrogens is 5. The van der Waals surface area contributed by atoms with Gasteiger partial charge in [0, 0.05) is 24.7 Å². The number of anilines is 1. The zero-order valence-corrected chi connectivity index (χ0v) is 13.6. The van der Waals surface area contributed by atoms with E-state index < -0.39 is 0 Å². The van der Waals surface area contributed by atoms with Crippen molar-refractivity contribution in [1.82, 2.24) is 24.4 Å². The number of nitrogens with one attached hydrogen (secondary N) is 1. The van der Waals surface area contributed by atoms with Crippen LogP contribution in [0.1, 0.15) is 21.6 Å². The predicted octanol–water partition coefficient (Wildman–Crippen LogP) is 2.53. The number of carbonyl (C=O) groups is 1. The number of rotatable bonds is 4. The lowest BCUT2D eigenvalue weighted by atomic mass is 10.1. The van der Waals surface area contributed by atoms with Crippen LogP contribution < -0.4 is 5.32 Å². The third-order valence-electron chi connectivity index (χ3n) is 3.79. The van der Waals surface area contributed by atoms with Crippen LogP contribution in [0.15, 0.2) is 61.2 Å². The van der Waals surface area contributed by atoms with Crippen molar-refractivity contribution in [3.63, 3.8) is 0 Å². The minimum Gasteiger partial charge on any atom is -0.318 e. The molecule has 0 bridgehead atoms. The lowest BCUT2D eigenvalue weighted by molar-refractivity contribution is 0.102. The number of hydrogen-bond acceptors (Lipinski definition) is 4. The molecule has 0 aliphatic carbocycles. The number of hydrogen-bond donors (Lipinski definition) is 1. The molecule has 124 valence electrons. The van der Waals surface area contributed by atoms with Gasteiger partial charge in [-0.3, -0.25) is 9.48 Å². The van der Waals surface area contributed by atoms with E-state index in [-0.39, 0.29) is 5.91 Å². The summed E-state index contributed by atoms with van der Waals surface area (Å²) in [6.45, 7) is 2.71. The van der Waals surface area contributed by atoms with Crippen molar-refractivity contribution in [2.75, 3.05) is 5.32 Å². The highest BCUT2D eigenvalue weighted by molar-refractivity contribution is 6.03. The molecule has 0 aliphatic rings. The summed E-state index contributed by atoms with van der Waals surface area (Å²) in [4.78, 5) is 16.5. The SMILES string of the molecule is Cc1cccc(Cn2cc(NC(=O)c3cc4ncccn4n3)cn2)c1. The molecule has 0 radical (unpaired) electrons. The molecule has 0 atom stereocenters. The van der Waals surface area contributed by atoms with E-state index in [9.17, 15) is 4.79 Å². The van der Waals surface area contributed by atoms with Crippen LogP contribution in [0.4, 0.5) is 5.69 Å². The average molecular weight is 332 g/mol. The number of carbonyl (C=O) groups excluding carboxylic acids is 1. The summed E-state index contributed by atoms with van der Waals surface area (Å²) < 4.78 is 3.35. The molecule has 3 heterocycles. The normalized spacial score (nSPS) is 10.9. The van der Waals surface area contributed by atoms with Crippen molar-refractivity contribution < 1.29 is 4.79 Å². The van der Waals surface area contributed by atoms with E-state index in [1.165, 1.54) is 5.56 Å². The van der Waals surface area contributed by atoms with Gasteiger partial charge in [-0.15, -0.1) is 0 Å². The molecule has 4 aromatic rings. The van der Waals surface area contributed by atoms with Crippen LogP contribution in [0.25, 0.3) is 5.65 Å². The van der Waals surface area contributed by atoms with Gasteiger partial charge >= 0.3 is 0 Å². The van der Waals surface area contributed by atoms with Crippen LogP contribution in [-0.4, -0.2) is 30.3 Å². The van der Waals surface area contributed by atoms with E-state index in [1.54, 1.807) is 46.1 Å². The van der Waals surface area contributed by atoms with Crippen LogP contribution in [-0.2, 0) is 6.54 Å². The quantitative estimate of drug-likeness (QED) is 0.623. The van der Waals surface area contributed by atoms with Crippen molar-refractivity contribution in [2.24, 2.45) is 0 Å². The Bertz CT molecular complexity index is 1020. The Labute approximate surface area is 143 Å². The maximum absolute atomic E-state index is 12.3. The van der Waals surface area contributed by atoms with Crippen molar-refractivity contribution >= 4 is 17.2 Å². The maximum atomic E-state index is 12.3. The van der Waals surface area contributed by atoms with Crippen LogP contribution >= 0.6 is 0 Å². The van der Waals surface area contributed by atoms with Gasteiger partial charge in [-0.25, -0.2) is 9.50 Å². The van der Waals surface area contributed by atoms with E-state index in [2.05, 4.69) is 45.6 Å². The number of benzene rings is 1. The van der Waals surface area contributed by atoms with Gasteiger partial charge in [-0.1, -0.05) is 29.8 Å². The molecular weight excluding hydrogens is 316 g/mol. The molecule has 25 heavy (non-hydrogen) atoms. The summed E-state index contributed by atoms with van der Waals surface area (Å²) in [5, 5.41) is 11.3. The van der Waals surface area contributed by atoms with E-state index >= 15 is 0 Å². The van der Waals surface area contributed by atoms with Crippen LogP contribution in [0.3, 0.4) is 0 Å². The summed E-state index contributed by atoms with van der Waals surface area (Å²) in [7, 11) is 0. The van der Waals surface area contributed by atoms with E-state index in [4.69, 9.17) is 0 Å². The first kappa shape index (κ1) is 15.1. The van der Waals surface area contributed by atoms with Gasteiger partial charge in [0.05, 0.1) is 18.4 Å². The summed E-state index contributed by atoms with van der Waals surface area (Å²) in [5.41, 5.74) is 3.93. The highest BCUT2D eigenvalue weighted by atomic mass is 16.2. The summed E-state index contributed by atoms with van der Waals surface area (Å²) in [6, 6.07) is 11.7. The minimum atomic E-state index is -0.291. The largest absolute Gasteiger partial charge is 0.318 e. The molecule has 3 aromatic heterocycles. The third-order valence-corrected chi connectivity index (χ3v) is 3.79. The maximum Gasteiger partial charge on any atom is 0.276 e. The lowest BCUT2D eigenvalue weighted by Crippen LogP contribution is -2.12. The number of nitrogens with zero attached hydrogens (tertiary/aromatic N) is 5. The van der Waals surface area contributed by atoms with Crippen LogP contribution in [0.5, 0.6) is 0 Å². The predicted molar refractivity (Wildman–Crippen MR) is 93.4 cm³/mol. The Balaban J connectivity index is 1.47. The van der Waals surface area contributed by atoms with Crippen molar-refractivity contribution in [3.05, 3.63) is 78.0 Å².